The van der Waals surface area contributed by atoms with Crippen LogP contribution in [0.3, 0.4) is 0 Å². The van der Waals surface area contributed by atoms with Crippen LogP contribution in [0.25, 0.3) is 0 Å². The van der Waals surface area contributed by atoms with Crippen LogP contribution in [0, 0.1) is 23.2 Å². The third-order valence-corrected chi connectivity index (χ3v) is 11.3. The largest absolute Gasteiger partial charge is 0.440 e. The van der Waals surface area contributed by atoms with Crippen LogP contribution < -0.4 is 15.4 Å². The van der Waals surface area contributed by atoms with Crippen molar-refractivity contribution in [1.29, 1.82) is 5.26 Å². The molecular weight excluding hydrogens is 581 g/mol. The molecule has 3 amide bonds. The summed E-state index contributed by atoms with van der Waals surface area (Å²) < 4.78 is 8.65. The third kappa shape index (κ3) is 9.87. The molecule has 0 spiro atoms. The highest BCUT2D eigenvalue weighted by molar-refractivity contribution is 8.16. The predicted octanol–water partition coefficient (Wildman–Crippen LogP) is 5.53. The lowest BCUT2D eigenvalue weighted by Gasteiger charge is -2.26. The zero-order chi connectivity index (χ0) is 30.6. The van der Waals surface area contributed by atoms with Crippen molar-refractivity contribution in [2.45, 2.75) is 69.8 Å². The number of nitrogens with one attached hydrogen (secondary N) is 3. The minimum Gasteiger partial charge on any atom is -0.440 e. The number of hydrogen-bond acceptors (Lipinski definition) is 6. The Balaban J connectivity index is 1.45. The zero-order valence-corrected chi connectivity index (χ0v) is 26.6. The quantitative estimate of drug-likeness (QED) is 0.200. The minimum absolute atomic E-state index is 0.0210. The van der Waals surface area contributed by atoms with Crippen LogP contribution >= 0.6 is 22.4 Å². The molecule has 4 rings (SSSR count). The molecular formula is C33H42N4O4S2. The van der Waals surface area contributed by atoms with Gasteiger partial charge in [-0.1, -0.05) is 74.5 Å². The molecule has 0 bridgehead atoms. The van der Waals surface area contributed by atoms with Gasteiger partial charge in [-0.3, -0.25) is 14.3 Å². The smallest absolute Gasteiger partial charge is 0.417 e. The van der Waals surface area contributed by atoms with E-state index in [0.29, 0.717) is 37.1 Å². The molecule has 2 aliphatic heterocycles. The van der Waals surface area contributed by atoms with Crippen LogP contribution in [0.1, 0.15) is 63.2 Å². The average molecular weight is 623 g/mol. The number of nitriles is 1. The van der Waals surface area contributed by atoms with E-state index in [1.165, 1.54) is 0 Å². The minimum atomic E-state index is -0.618. The van der Waals surface area contributed by atoms with Gasteiger partial charge in [0.25, 0.3) is 0 Å². The summed E-state index contributed by atoms with van der Waals surface area (Å²) in [6, 6.07) is 21.4. The highest BCUT2D eigenvalue weighted by atomic mass is 32.2. The normalized spacial score (nSPS) is 18.7. The van der Waals surface area contributed by atoms with Crippen molar-refractivity contribution >= 4 is 45.2 Å². The van der Waals surface area contributed by atoms with Crippen molar-refractivity contribution < 1.29 is 19.1 Å². The summed E-state index contributed by atoms with van der Waals surface area (Å²) >= 11 is 1.04. The number of carbonyl (C=O) groups is 3. The van der Waals surface area contributed by atoms with E-state index in [9.17, 15) is 19.6 Å². The average Bonchev–Trinajstić information content (AvgIpc) is 3.68. The van der Waals surface area contributed by atoms with Gasteiger partial charge < -0.3 is 15.4 Å². The number of nitrogens with zero attached hydrogens (tertiary/aromatic N) is 1. The molecule has 3 N–H and O–H groups in total. The first-order valence-electron chi connectivity index (χ1n) is 15.1. The lowest BCUT2D eigenvalue weighted by Crippen LogP contribution is -2.47. The molecule has 2 aromatic rings. The van der Waals surface area contributed by atoms with Gasteiger partial charge in [0.05, 0.1) is 10.9 Å². The molecule has 2 heterocycles. The summed E-state index contributed by atoms with van der Waals surface area (Å²) in [4.78, 5) is 39.9. The monoisotopic (exact) mass is 622 g/mol. The number of hydrogen-bond donors (Lipinski definition) is 3. The van der Waals surface area contributed by atoms with E-state index in [2.05, 4.69) is 21.4 Å². The van der Waals surface area contributed by atoms with E-state index >= 15 is 0 Å². The van der Waals surface area contributed by atoms with Gasteiger partial charge in [-0.05, 0) is 72.6 Å². The number of carbonyl (C=O) groups excluding carboxylic acids is 3. The van der Waals surface area contributed by atoms with E-state index in [4.69, 9.17) is 4.74 Å². The fourth-order valence-corrected chi connectivity index (χ4v) is 8.88. The van der Waals surface area contributed by atoms with E-state index in [1.807, 2.05) is 74.5 Å². The molecule has 0 aliphatic carbocycles. The van der Waals surface area contributed by atoms with Crippen molar-refractivity contribution in [2.75, 3.05) is 18.1 Å². The summed E-state index contributed by atoms with van der Waals surface area (Å²) in [5.41, 5.74) is 1.93. The number of rotatable bonds is 13. The van der Waals surface area contributed by atoms with Gasteiger partial charge in [0.1, 0.15) is 17.4 Å². The molecule has 43 heavy (non-hydrogen) atoms. The molecule has 2 fully saturated rings. The number of benzene rings is 2. The zero-order valence-electron chi connectivity index (χ0n) is 24.9. The molecule has 2 aromatic carbocycles. The lowest BCUT2D eigenvalue weighted by atomic mass is 9.96. The summed E-state index contributed by atoms with van der Waals surface area (Å²) in [7, 11) is -0.187. The van der Waals surface area contributed by atoms with E-state index < -0.39 is 23.5 Å². The molecule has 8 nitrogen and oxygen atoms in total. The summed E-state index contributed by atoms with van der Waals surface area (Å²) in [6.45, 7) is 4.67. The Morgan fingerprint density at radius 2 is 1.77 bits per heavy atom. The molecule has 0 radical (unpaired) electrons. The molecule has 0 aromatic heterocycles. The molecule has 230 valence electrons. The summed E-state index contributed by atoms with van der Waals surface area (Å²) in [5, 5.41) is 15.6. The Bertz CT molecular complexity index is 1310. The third-order valence-electron chi connectivity index (χ3n) is 7.72. The van der Waals surface area contributed by atoms with Gasteiger partial charge in [-0.15, -0.1) is 0 Å². The van der Waals surface area contributed by atoms with Crippen LogP contribution in [-0.2, 0) is 20.7 Å². The Morgan fingerprint density at radius 1 is 1.09 bits per heavy atom. The first-order chi connectivity index (χ1) is 20.8. The molecule has 2 saturated heterocycles. The van der Waals surface area contributed by atoms with E-state index in [0.717, 1.165) is 47.4 Å². The van der Waals surface area contributed by atoms with Crippen LogP contribution in [0.2, 0.25) is 0 Å². The van der Waals surface area contributed by atoms with Gasteiger partial charge in [0, 0.05) is 18.9 Å². The first kappa shape index (κ1) is 32.6. The van der Waals surface area contributed by atoms with E-state index in [1.54, 1.807) is 0 Å². The standard InChI is InChI=1S/C33H42N4O4S2/c1-23(2)19-29(32(39)36-27(21-26-15-16-35-31(26)38)30(22-34)43-17-9-10-18-43)42-37-33(40)41-28(25-13-7-4-8-14-25)20-24-11-5-3-6-12-24/h3-8,11-14,23,26-29H,9-10,15-21H2,1-2H3,(H,35,38)(H,36,39)(H,37,40)/t26-,27-,28?,29-/m0/s1. The van der Waals surface area contributed by atoms with Crippen molar-refractivity contribution in [3.63, 3.8) is 0 Å². The Labute approximate surface area is 261 Å². The maximum atomic E-state index is 13.7. The van der Waals surface area contributed by atoms with Crippen LogP contribution in [0.15, 0.2) is 60.7 Å². The van der Waals surface area contributed by atoms with Gasteiger partial charge in [-0.25, -0.2) is 4.79 Å². The van der Waals surface area contributed by atoms with Crippen LogP contribution in [0.5, 0.6) is 0 Å². The fraction of sp³-hybridized carbons (Fsp3) is 0.485. The van der Waals surface area contributed by atoms with Gasteiger partial charge >= 0.3 is 6.09 Å². The van der Waals surface area contributed by atoms with Crippen LogP contribution in [-0.4, -0.2) is 52.1 Å². The van der Waals surface area contributed by atoms with Gasteiger partial charge in [0.2, 0.25) is 11.8 Å². The second kappa shape index (κ2) is 16.5. The SMILES string of the molecule is CC(C)C[C@H](SNC(=O)OC(Cc1ccccc1)c1ccccc1)C(=O)N[C@@H](C[C@@H]1CCNC1=O)C(C#N)=S1CCCC1. The molecule has 0 saturated carbocycles. The Hall–Kier alpha value is -3.29. The number of amides is 3. The van der Waals surface area contributed by atoms with Crippen molar-refractivity contribution in [1.82, 2.24) is 15.4 Å². The Kier molecular flexibility index (Phi) is 12.5. The molecule has 2 aliphatic rings. The predicted molar refractivity (Wildman–Crippen MR) is 175 cm³/mol. The highest BCUT2D eigenvalue weighted by Gasteiger charge is 2.33. The fourth-order valence-electron chi connectivity index (χ4n) is 5.50. The summed E-state index contributed by atoms with van der Waals surface area (Å²) in [5.74, 6) is 1.59. The highest BCUT2D eigenvalue weighted by Crippen LogP contribution is 2.30. The maximum Gasteiger partial charge on any atom is 0.417 e. The molecule has 1 unspecified atom stereocenters. The topological polar surface area (TPSA) is 120 Å². The van der Waals surface area contributed by atoms with Crippen molar-refractivity contribution in [2.24, 2.45) is 11.8 Å². The van der Waals surface area contributed by atoms with Crippen LogP contribution in [0.4, 0.5) is 4.79 Å². The first-order valence-corrected chi connectivity index (χ1v) is 17.5. The van der Waals surface area contributed by atoms with E-state index in [-0.39, 0.29) is 34.1 Å². The van der Waals surface area contributed by atoms with Gasteiger partial charge in [-0.2, -0.15) is 15.7 Å². The second-order valence-electron chi connectivity index (χ2n) is 11.5. The van der Waals surface area contributed by atoms with Crippen molar-refractivity contribution in [3.05, 3.63) is 71.8 Å². The summed E-state index contributed by atoms with van der Waals surface area (Å²) in [6.07, 6.45) is 3.18. The molecule has 4 atom stereocenters. The molecule has 10 heteroatoms. The lowest BCUT2D eigenvalue weighted by molar-refractivity contribution is -0.124. The Morgan fingerprint density at radius 3 is 2.37 bits per heavy atom. The van der Waals surface area contributed by atoms with Crippen molar-refractivity contribution in [3.8, 4) is 6.07 Å². The maximum absolute atomic E-state index is 13.7. The number of ether oxygens (including phenoxy) is 1. The van der Waals surface area contributed by atoms with Gasteiger partial charge in [0.15, 0.2) is 0 Å². The second-order valence-corrected chi connectivity index (χ2v) is 14.7.